The monoisotopic (exact) mass is 431 g/mol. The Balaban J connectivity index is 1.52. The minimum absolute atomic E-state index is 0.00274. The van der Waals surface area contributed by atoms with Crippen LogP contribution in [0.2, 0.25) is 0 Å². The lowest BCUT2D eigenvalue weighted by Gasteiger charge is -2.16. The maximum absolute atomic E-state index is 13.0. The number of nitrogens with zero attached hydrogens (tertiary/aromatic N) is 2. The third-order valence-corrected chi connectivity index (χ3v) is 4.44. The molecule has 3 rings (SSSR count). The van der Waals surface area contributed by atoms with Crippen molar-refractivity contribution in [2.24, 2.45) is 0 Å². The van der Waals surface area contributed by atoms with E-state index in [0.29, 0.717) is 6.42 Å². The van der Waals surface area contributed by atoms with Crippen molar-refractivity contribution >= 4 is 17.6 Å². The molecule has 162 valence electrons. The number of halogens is 3. The van der Waals surface area contributed by atoms with Crippen molar-refractivity contribution in [2.45, 2.75) is 32.0 Å². The second-order valence-corrected chi connectivity index (χ2v) is 6.79. The number of rotatable bonds is 7. The number of hydrogen-bond acceptors (Lipinski definition) is 4. The molecule has 1 aromatic heterocycles. The summed E-state index contributed by atoms with van der Waals surface area (Å²) in [5.74, 6) is -1.49. The first-order chi connectivity index (χ1) is 14.7. The van der Waals surface area contributed by atoms with E-state index in [-0.39, 0.29) is 6.42 Å². The molecule has 9 heteroatoms. The van der Waals surface area contributed by atoms with Crippen LogP contribution in [0, 0.1) is 0 Å². The van der Waals surface area contributed by atoms with Gasteiger partial charge in [0.25, 0.3) is 5.91 Å². The molecule has 3 aromatic rings. The minimum Gasteiger partial charge on any atom is -0.453 e. The summed E-state index contributed by atoms with van der Waals surface area (Å²) in [6.07, 6.45) is -2.11. The fourth-order valence-electron chi connectivity index (χ4n) is 2.84. The van der Waals surface area contributed by atoms with Crippen LogP contribution in [0.4, 0.5) is 18.9 Å². The van der Waals surface area contributed by atoms with Gasteiger partial charge in [0, 0.05) is 12.6 Å². The van der Waals surface area contributed by atoms with Gasteiger partial charge in [0.15, 0.2) is 6.10 Å². The van der Waals surface area contributed by atoms with Crippen LogP contribution >= 0.6 is 0 Å². The predicted octanol–water partition coefficient (Wildman–Crippen LogP) is 4.39. The molecule has 1 amide bonds. The second kappa shape index (κ2) is 9.46. The van der Waals surface area contributed by atoms with Gasteiger partial charge in [0.05, 0.1) is 23.1 Å². The number of aryl methyl sites for hydroxylation is 1. The Hall–Kier alpha value is -3.62. The lowest BCUT2D eigenvalue weighted by Crippen LogP contribution is -2.30. The normalized spacial score (nSPS) is 12.3. The lowest BCUT2D eigenvalue weighted by atomic mass is 10.1. The van der Waals surface area contributed by atoms with Crippen LogP contribution in [-0.2, 0) is 26.9 Å². The number of alkyl halides is 3. The largest absolute Gasteiger partial charge is 0.453 e. The van der Waals surface area contributed by atoms with Crippen LogP contribution < -0.4 is 5.32 Å². The third-order valence-electron chi connectivity index (χ3n) is 4.44. The Morgan fingerprint density at radius 1 is 1.10 bits per heavy atom. The van der Waals surface area contributed by atoms with Crippen LogP contribution in [-0.4, -0.2) is 27.8 Å². The van der Waals surface area contributed by atoms with Crippen LogP contribution in [0.5, 0.6) is 0 Å². The quantitative estimate of drug-likeness (QED) is 0.563. The van der Waals surface area contributed by atoms with Crippen LogP contribution in [0.15, 0.2) is 67.0 Å². The molecule has 0 aliphatic rings. The van der Waals surface area contributed by atoms with Gasteiger partial charge in [-0.15, -0.1) is 0 Å². The van der Waals surface area contributed by atoms with Gasteiger partial charge in [-0.05, 0) is 43.2 Å². The van der Waals surface area contributed by atoms with Crippen molar-refractivity contribution in [1.82, 2.24) is 9.78 Å². The summed E-state index contributed by atoms with van der Waals surface area (Å²) in [7, 11) is 0. The highest BCUT2D eigenvalue weighted by molar-refractivity contribution is 5.95. The number of anilines is 1. The number of amides is 1. The fourth-order valence-corrected chi connectivity index (χ4v) is 2.84. The van der Waals surface area contributed by atoms with E-state index in [4.69, 9.17) is 4.74 Å². The maximum atomic E-state index is 13.0. The van der Waals surface area contributed by atoms with E-state index in [1.54, 1.807) is 17.1 Å². The fraction of sp³-hybridized carbons (Fsp3) is 0.227. The average Bonchev–Trinajstić information content (AvgIpc) is 3.21. The molecule has 0 aliphatic heterocycles. The van der Waals surface area contributed by atoms with Crippen LogP contribution in [0.1, 0.15) is 24.5 Å². The Morgan fingerprint density at radius 2 is 1.77 bits per heavy atom. The van der Waals surface area contributed by atoms with Crippen LogP contribution in [0.25, 0.3) is 5.69 Å². The van der Waals surface area contributed by atoms with E-state index in [9.17, 15) is 22.8 Å². The molecular formula is C22H20F3N3O3. The number of ether oxygens (including phenoxy) is 1. The van der Waals surface area contributed by atoms with E-state index in [0.717, 1.165) is 23.4 Å². The van der Waals surface area contributed by atoms with Crippen molar-refractivity contribution in [3.8, 4) is 5.69 Å². The smallest absolute Gasteiger partial charge is 0.418 e. The molecule has 0 bridgehead atoms. The van der Waals surface area contributed by atoms with Gasteiger partial charge in [-0.1, -0.05) is 30.3 Å². The number of carbonyl (C=O) groups is 2. The molecule has 6 nitrogen and oxygen atoms in total. The Kier molecular flexibility index (Phi) is 6.74. The molecule has 0 aliphatic carbocycles. The van der Waals surface area contributed by atoms with Gasteiger partial charge in [0.2, 0.25) is 0 Å². The highest BCUT2D eigenvalue weighted by atomic mass is 19.4. The first-order valence-corrected chi connectivity index (χ1v) is 9.49. The SMILES string of the molecule is CC(OC(=O)CCc1cnn(-c2ccccc2)c1)C(=O)Nc1ccccc1C(F)(F)F. The molecular weight excluding hydrogens is 411 g/mol. The van der Waals surface area contributed by atoms with Gasteiger partial charge in [-0.3, -0.25) is 9.59 Å². The van der Waals surface area contributed by atoms with Crippen molar-refractivity contribution in [3.05, 3.63) is 78.1 Å². The lowest BCUT2D eigenvalue weighted by molar-refractivity contribution is -0.153. The minimum atomic E-state index is -4.62. The van der Waals surface area contributed by atoms with Gasteiger partial charge in [0.1, 0.15) is 0 Å². The zero-order valence-corrected chi connectivity index (χ0v) is 16.6. The first kappa shape index (κ1) is 22.1. The van der Waals surface area contributed by atoms with E-state index >= 15 is 0 Å². The Morgan fingerprint density at radius 3 is 2.48 bits per heavy atom. The number of aromatic nitrogens is 2. The number of para-hydroxylation sites is 2. The second-order valence-electron chi connectivity index (χ2n) is 6.79. The summed E-state index contributed by atoms with van der Waals surface area (Å²) in [5, 5.41) is 6.40. The highest BCUT2D eigenvalue weighted by Gasteiger charge is 2.34. The van der Waals surface area contributed by atoms with Gasteiger partial charge >= 0.3 is 12.1 Å². The maximum Gasteiger partial charge on any atom is 0.418 e. The van der Waals surface area contributed by atoms with Gasteiger partial charge in [-0.25, -0.2) is 4.68 Å². The molecule has 1 heterocycles. The average molecular weight is 431 g/mol. The summed E-state index contributed by atoms with van der Waals surface area (Å²) in [5.41, 5.74) is 0.311. The predicted molar refractivity (Wildman–Crippen MR) is 108 cm³/mol. The Labute approximate surface area is 176 Å². The van der Waals surface area contributed by atoms with E-state index in [1.165, 1.54) is 19.1 Å². The van der Waals surface area contributed by atoms with E-state index < -0.39 is 35.4 Å². The molecule has 1 unspecified atom stereocenters. The molecule has 31 heavy (non-hydrogen) atoms. The first-order valence-electron chi connectivity index (χ1n) is 9.49. The number of carbonyl (C=O) groups excluding carboxylic acids is 2. The topological polar surface area (TPSA) is 73.2 Å². The van der Waals surface area contributed by atoms with Gasteiger partial charge in [-0.2, -0.15) is 18.3 Å². The van der Waals surface area contributed by atoms with Crippen molar-refractivity contribution < 1.29 is 27.5 Å². The number of benzene rings is 2. The molecule has 1 atom stereocenters. The van der Waals surface area contributed by atoms with Crippen molar-refractivity contribution in [3.63, 3.8) is 0 Å². The number of esters is 1. The zero-order valence-electron chi connectivity index (χ0n) is 16.6. The molecule has 2 aromatic carbocycles. The van der Waals surface area contributed by atoms with E-state index in [2.05, 4.69) is 10.4 Å². The summed E-state index contributed by atoms with van der Waals surface area (Å²) in [6.45, 7) is 1.30. The molecule has 0 saturated heterocycles. The summed E-state index contributed by atoms with van der Waals surface area (Å²) >= 11 is 0. The molecule has 0 fully saturated rings. The summed E-state index contributed by atoms with van der Waals surface area (Å²) in [6, 6.07) is 14.0. The number of nitrogens with one attached hydrogen (secondary N) is 1. The Bertz CT molecular complexity index is 1050. The molecule has 1 N–H and O–H groups in total. The van der Waals surface area contributed by atoms with Crippen LogP contribution in [0.3, 0.4) is 0 Å². The summed E-state index contributed by atoms with van der Waals surface area (Å²) < 4.78 is 45.9. The molecule has 0 radical (unpaired) electrons. The highest BCUT2D eigenvalue weighted by Crippen LogP contribution is 2.34. The van der Waals surface area contributed by atoms with Gasteiger partial charge < -0.3 is 10.1 Å². The molecule has 0 spiro atoms. The standard InChI is InChI=1S/C22H20F3N3O3/c1-15(21(30)27-19-10-6-5-9-18(19)22(23,24)25)31-20(29)12-11-16-13-26-28(14-16)17-7-3-2-4-8-17/h2-10,13-15H,11-12H2,1H3,(H,27,30). The van der Waals surface area contributed by atoms with Crippen molar-refractivity contribution in [2.75, 3.05) is 5.32 Å². The summed E-state index contributed by atoms with van der Waals surface area (Å²) in [4.78, 5) is 24.3. The van der Waals surface area contributed by atoms with Crippen molar-refractivity contribution in [1.29, 1.82) is 0 Å². The third kappa shape index (κ3) is 5.94. The molecule has 0 saturated carbocycles. The zero-order chi connectivity index (χ0) is 22.4. The van der Waals surface area contributed by atoms with E-state index in [1.807, 2.05) is 30.3 Å². The number of hydrogen-bond donors (Lipinski definition) is 1.